The van der Waals surface area contributed by atoms with Crippen LogP contribution in [-0.4, -0.2) is 99.6 Å². The largest absolute Gasteiger partial charge is 0.454 e. The smallest absolute Gasteiger partial charge is 0.306 e. The molecule has 0 aromatic heterocycles. The van der Waals surface area contributed by atoms with Gasteiger partial charge in [-0.2, -0.15) is 0 Å². The lowest BCUT2D eigenvalue weighted by Crippen LogP contribution is -2.61. The van der Waals surface area contributed by atoms with Gasteiger partial charge in [-0.15, -0.1) is 0 Å². The number of hydrogen-bond acceptors (Lipinski definition) is 10. The van der Waals surface area contributed by atoms with Crippen molar-refractivity contribution >= 4 is 11.9 Å². The van der Waals surface area contributed by atoms with Crippen LogP contribution < -0.4 is 5.32 Å². The maximum Gasteiger partial charge on any atom is 0.306 e. The highest BCUT2D eigenvalue weighted by molar-refractivity contribution is 5.80. The number of esters is 1. The van der Waals surface area contributed by atoms with E-state index in [9.17, 15) is 35.1 Å². The number of nitrogens with one attached hydrogen (secondary N) is 1. The maximum atomic E-state index is 13.5. The monoisotopic (exact) mass is 1130 g/mol. The van der Waals surface area contributed by atoms with Crippen LogP contribution in [0.5, 0.6) is 0 Å². The Labute approximate surface area is 490 Å². The van der Waals surface area contributed by atoms with E-state index in [2.05, 4.69) is 68.6 Å². The minimum absolute atomic E-state index is 0.0478. The minimum Gasteiger partial charge on any atom is -0.454 e. The molecule has 1 saturated heterocycles. The van der Waals surface area contributed by atoms with E-state index in [1.165, 1.54) is 186 Å². The lowest BCUT2D eigenvalue weighted by atomic mass is 9.99. The van der Waals surface area contributed by atoms with Gasteiger partial charge in [-0.25, -0.2) is 0 Å². The maximum absolute atomic E-state index is 13.5. The number of unbranched alkanes of at least 4 members (excludes halogenated alkanes) is 35. The standard InChI is InChI=1S/C69H125NO10/c1-4-7-10-13-16-19-22-25-27-29-30-31-32-33-35-36-38-41-44-47-50-53-56-62(73)68(77)70-60(61(72)55-52-49-46-43-40-24-21-18-15-12-9-6-3)59-78-69-67(66(76)65(75)63(58-71)79-69)80-64(74)57-54-51-48-45-42-39-37-34-28-26-23-20-17-14-11-8-5-2/h17,20,26,28,37,39,45,48,52,55,60-63,65-67,69,71-73,75-76H,4-16,18-19,21-25,27,29-36,38,40-44,46-47,49-51,53-54,56-59H2,1-3H3,(H,70,77)/b20-17-,28-26-,39-37-,48-45-,55-52+. The number of hydrogen-bond donors (Lipinski definition) is 6. The average molecular weight is 1130 g/mol. The third-order valence-electron chi connectivity index (χ3n) is 15.7. The molecule has 11 heteroatoms. The van der Waals surface area contributed by atoms with Crippen molar-refractivity contribution in [2.24, 2.45) is 0 Å². The number of ether oxygens (including phenoxy) is 3. The molecule has 8 atom stereocenters. The number of aliphatic hydroxyl groups excluding tert-OH is 5. The Bertz CT molecular complexity index is 1530. The van der Waals surface area contributed by atoms with E-state index in [0.717, 1.165) is 64.2 Å². The molecule has 8 unspecified atom stereocenters. The Morgan fingerprint density at radius 2 is 0.863 bits per heavy atom. The summed E-state index contributed by atoms with van der Waals surface area (Å²) in [5.74, 6) is -1.25. The Balaban J connectivity index is 2.64. The first kappa shape index (κ1) is 75.4. The molecule has 0 spiro atoms. The summed E-state index contributed by atoms with van der Waals surface area (Å²) in [5, 5.41) is 57.1. The van der Waals surface area contributed by atoms with Crippen LogP contribution in [0.3, 0.4) is 0 Å². The van der Waals surface area contributed by atoms with Gasteiger partial charge in [0.25, 0.3) is 0 Å². The minimum atomic E-state index is -1.64. The van der Waals surface area contributed by atoms with Crippen LogP contribution in [0.15, 0.2) is 60.8 Å². The zero-order valence-corrected chi connectivity index (χ0v) is 51.7. The van der Waals surface area contributed by atoms with Crippen LogP contribution in [0.2, 0.25) is 0 Å². The van der Waals surface area contributed by atoms with Crippen LogP contribution >= 0.6 is 0 Å². The number of rotatable bonds is 57. The van der Waals surface area contributed by atoms with E-state index in [1.807, 2.05) is 12.2 Å². The normalized spacial score (nSPS) is 19.1. The fourth-order valence-electron chi connectivity index (χ4n) is 10.4. The van der Waals surface area contributed by atoms with E-state index in [0.29, 0.717) is 19.3 Å². The molecule has 1 aliphatic rings. The molecule has 11 nitrogen and oxygen atoms in total. The highest BCUT2D eigenvalue weighted by Gasteiger charge is 2.47. The Morgan fingerprint density at radius 1 is 0.487 bits per heavy atom. The topological polar surface area (TPSA) is 175 Å². The molecule has 0 radical (unpaired) electrons. The summed E-state index contributed by atoms with van der Waals surface area (Å²) >= 11 is 0. The summed E-state index contributed by atoms with van der Waals surface area (Å²) in [5.41, 5.74) is 0. The lowest BCUT2D eigenvalue weighted by molar-refractivity contribution is -0.305. The zero-order chi connectivity index (χ0) is 58.2. The van der Waals surface area contributed by atoms with Gasteiger partial charge in [0.1, 0.15) is 24.4 Å². The first-order valence-corrected chi connectivity index (χ1v) is 33.6. The number of amides is 1. The van der Waals surface area contributed by atoms with Gasteiger partial charge in [0, 0.05) is 6.42 Å². The molecule has 0 saturated carbocycles. The van der Waals surface area contributed by atoms with Crippen molar-refractivity contribution in [2.45, 2.75) is 352 Å². The third kappa shape index (κ3) is 44.0. The number of allylic oxidation sites excluding steroid dienone is 9. The molecule has 1 aliphatic heterocycles. The number of carbonyl (C=O) groups excluding carboxylic acids is 2. The van der Waals surface area contributed by atoms with Gasteiger partial charge in [-0.1, -0.05) is 293 Å². The summed E-state index contributed by atoms with van der Waals surface area (Å²) in [7, 11) is 0. The fraction of sp³-hybridized carbons (Fsp3) is 0.826. The summed E-state index contributed by atoms with van der Waals surface area (Å²) in [6, 6.07) is -1.03. The highest BCUT2D eigenvalue weighted by Crippen LogP contribution is 2.26. The molecule has 0 bridgehead atoms. The van der Waals surface area contributed by atoms with Crippen molar-refractivity contribution in [1.82, 2.24) is 5.32 Å². The molecule has 0 aromatic rings. The number of aliphatic hydroxyl groups is 5. The molecule has 1 heterocycles. The Hall–Kier alpha value is -2.64. The molecular formula is C69H125NO10. The van der Waals surface area contributed by atoms with Gasteiger partial charge in [-0.05, 0) is 64.2 Å². The van der Waals surface area contributed by atoms with Gasteiger partial charge in [0.05, 0.1) is 25.4 Å². The first-order valence-electron chi connectivity index (χ1n) is 33.6. The van der Waals surface area contributed by atoms with Gasteiger partial charge >= 0.3 is 5.97 Å². The quantitative estimate of drug-likeness (QED) is 0.0195. The molecule has 80 heavy (non-hydrogen) atoms. The predicted octanol–water partition coefficient (Wildman–Crippen LogP) is 16.6. The number of carbonyl (C=O) groups is 2. The second-order valence-electron chi connectivity index (χ2n) is 23.2. The molecule has 0 aromatic carbocycles. The highest BCUT2D eigenvalue weighted by atomic mass is 16.7. The van der Waals surface area contributed by atoms with E-state index in [-0.39, 0.29) is 19.4 Å². The van der Waals surface area contributed by atoms with E-state index in [4.69, 9.17) is 14.2 Å². The van der Waals surface area contributed by atoms with Gasteiger partial charge in [0.2, 0.25) is 5.91 Å². The summed E-state index contributed by atoms with van der Waals surface area (Å²) in [4.78, 5) is 26.6. The van der Waals surface area contributed by atoms with E-state index >= 15 is 0 Å². The van der Waals surface area contributed by atoms with Crippen molar-refractivity contribution in [3.63, 3.8) is 0 Å². The molecule has 466 valence electrons. The summed E-state index contributed by atoms with van der Waals surface area (Å²) in [6.07, 6.45) is 61.3. The summed E-state index contributed by atoms with van der Waals surface area (Å²) < 4.78 is 17.6. The van der Waals surface area contributed by atoms with Crippen LogP contribution in [0.1, 0.15) is 303 Å². The first-order chi connectivity index (χ1) is 39.2. The van der Waals surface area contributed by atoms with Gasteiger partial charge in [-0.3, -0.25) is 9.59 Å². The van der Waals surface area contributed by atoms with Crippen molar-refractivity contribution < 1.29 is 49.3 Å². The lowest BCUT2D eigenvalue weighted by Gasteiger charge is -2.41. The molecule has 6 N–H and O–H groups in total. The van der Waals surface area contributed by atoms with Gasteiger partial charge in [0.15, 0.2) is 12.4 Å². The Kier molecular flexibility index (Phi) is 53.5. The second-order valence-corrected chi connectivity index (χ2v) is 23.2. The van der Waals surface area contributed by atoms with Gasteiger partial charge < -0.3 is 45.1 Å². The van der Waals surface area contributed by atoms with Crippen molar-refractivity contribution in [3.05, 3.63) is 60.8 Å². The van der Waals surface area contributed by atoms with Crippen molar-refractivity contribution in [1.29, 1.82) is 0 Å². The molecular weight excluding hydrogens is 1000 g/mol. The second kappa shape index (κ2) is 56.8. The van der Waals surface area contributed by atoms with E-state index in [1.54, 1.807) is 6.08 Å². The van der Waals surface area contributed by atoms with E-state index < -0.39 is 67.4 Å². The van der Waals surface area contributed by atoms with Crippen molar-refractivity contribution in [2.75, 3.05) is 13.2 Å². The molecule has 1 rings (SSSR count). The van der Waals surface area contributed by atoms with Crippen LogP contribution in [0, 0.1) is 0 Å². The molecule has 0 aliphatic carbocycles. The fourth-order valence-corrected chi connectivity index (χ4v) is 10.4. The SMILES string of the molecule is CCCCC/C=C\C/C=C\C/C=C\C/C=C\CCCC(=O)OC1C(OCC(NC(=O)C(O)CCCCCCCCCCCCCCCCCCCCCCCC)C(O)/C=C/CCCCCCCCCCCC)OC(CO)C(O)C1O. The van der Waals surface area contributed by atoms with Crippen molar-refractivity contribution in [3.8, 4) is 0 Å². The van der Waals surface area contributed by atoms with Crippen LogP contribution in [-0.2, 0) is 23.8 Å². The zero-order valence-electron chi connectivity index (χ0n) is 51.7. The average Bonchev–Trinajstić information content (AvgIpc) is 3.45. The third-order valence-corrected chi connectivity index (χ3v) is 15.7. The van der Waals surface area contributed by atoms with Crippen LogP contribution in [0.4, 0.5) is 0 Å². The predicted molar refractivity (Wildman–Crippen MR) is 333 cm³/mol. The Morgan fingerprint density at radius 3 is 1.31 bits per heavy atom. The van der Waals surface area contributed by atoms with Crippen LogP contribution in [0.25, 0.3) is 0 Å². The molecule has 1 amide bonds. The summed E-state index contributed by atoms with van der Waals surface area (Å²) in [6.45, 7) is 5.76. The molecule has 1 fully saturated rings.